The van der Waals surface area contributed by atoms with Crippen molar-refractivity contribution >= 4 is 10.0 Å². The molecule has 0 aromatic carbocycles. The maximum absolute atomic E-state index is 11.8. The number of hydrogen-bond acceptors (Lipinski definition) is 4. The maximum Gasteiger partial charge on any atom is 0.211 e. The summed E-state index contributed by atoms with van der Waals surface area (Å²) in [4.78, 5) is 0. The van der Waals surface area contributed by atoms with Crippen molar-refractivity contribution in [2.24, 2.45) is 0 Å². The van der Waals surface area contributed by atoms with E-state index in [2.05, 4.69) is 27.2 Å². The number of aromatic amines is 1. The van der Waals surface area contributed by atoms with Crippen molar-refractivity contribution in [1.82, 2.24) is 20.2 Å². The summed E-state index contributed by atoms with van der Waals surface area (Å²) in [5.74, 6) is 0.214. The van der Waals surface area contributed by atoms with Crippen LogP contribution in [-0.4, -0.2) is 44.0 Å². The molecule has 21 heavy (non-hydrogen) atoms. The summed E-state index contributed by atoms with van der Waals surface area (Å²) in [6, 6.07) is 0. The van der Waals surface area contributed by atoms with Crippen LogP contribution < -0.4 is 10.0 Å². The maximum atomic E-state index is 11.8. The van der Waals surface area contributed by atoms with Gasteiger partial charge in [-0.25, -0.2) is 13.1 Å². The Morgan fingerprint density at radius 1 is 1.19 bits per heavy atom. The van der Waals surface area contributed by atoms with E-state index in [9.17, 15) is 8.42 Å². The van der Waals surface area contributed by atoms with Gasteiger partial charge in [-0.2, -0.15) is 5.10 Å². The topological polar surface area (TPSA) is 86.9 Å². The molecule has 1 aromatic rings. The molecular formula is C14H28N4O2S. The number of H-pyrrole nitrogens is 1. The molecule has 0 bridgehead atoms. The highest BCUT2D eigenvalue weighted by Gasteiger charge is 2.09. The Kier molecular flexibility index (Phi) is 8.56. The lowest BCUT2D eigenvalue weighted by Gasteiger charge is -2.07. The van der Waals surface area contributed by atoms with Gasteiger partial charge in [-0.1, -0.05) is 6.92 Å². The molecule has 0 amide bonds. The number of hydrogen-bond donors (Lipinski definition) is 3. The van der Waals surface area contributed by atoms with Crippen LogP contribution in [0.4, 0.5) is 0 Å². The number of aromatic nitrogens is 2. The molecule has 1 aromatic heterocycles. The molecule has 0 spiro atoms. The molecule has 0 unspecified atom stereocenters. The third-order valence-corrected chi connectivity index (χ3v) is 4.79. The number of sulfonamides is 1. The van der Waals surface area contributed by atoms with Gasteiger partial charge in [0, 0.05) is 12.2 Å². The van der Waals surface area contributed by atoms with Gasteiger partial charge in [0.2, 0.25) is 10.0 Å². The number of unbranched alkanes of at least 4 members (excludes halogenated alkanes) is 1. The molecule has 0 fully saturated rings. The summed E-state index contributed by atoms with van der Waals surface area (Å²) in [6.07, 6.45) is 6.13. The zero-order valence-electron chi connectivity index (χ0n) is 13.1. The largest absolute Gasteiger partial charge is 0.317 e. The van der Waals surface area contributed by atoms with Crippen molar-refractivity contribution in [2.45, 2.75) is 46.0 Å². The zero-order valence-corrected chi connectivity index (χ0v) is 13.9. The molecule has 7 heteroatoms. The highest BCUT2D eigenvalue weighted by Crippen LogP contribution is 2.05. The van der Waals surface area contributed by atoms with Crippen molar-refractivity contribution in [3.8, 4) is 0 Å². The van der Waals surface area contributed by atoms with E-state index in [1.807, 2.05) is 6.92 Å². The Morgan fingerprint density at radius 2 is 2.00 bits per heavy atom. The first-order chi connectivity index (χ1) is 10.0. The van der Waals surface area contributed by atoms with Crippen molar-refractivity contribution in [3.05, 3.63) is 17.5 Å². The van der Waals surface area contributed by atoms with Crippen LogP contribution in [0.1, 0.15) is 43.9 Å². The number of nitrogens with zero attached hydrogens (tertiary/aromatic N) is 1. The molecule has 0 saturated carbocycles. The second-order valence-corrected chi connectivity index (χ2v) is 7.22. The fourth-order valence-electron chi connectivity index (χ4n) is 2.05. The van der Waals surface area contributed by atoms with E-state index < -0.39 is 10.0 Å². The predicted molar refractivity (Wildman–Crippen MR) is 85.8 cm³/mol. The van der Waals surface area contributed by atoms with Gasteiger partial charge < -0.3 is 5.32 Å². The highest BCUT2D eigenvalue weighted by atomic mass is 32.2. The number of aryl methyl sites for hydroxylation is 2. The Bertz CT molecular complexity index is 485. The molecule has 6 nitrogen and oxygen atoms in total. The number of rotatable bonds is 12. The quantitative estimate of drug-likeness (QED) is 0.508. The van der Waals surface area contributed by atoms with Crippen molar-refractivity contribution in [1.29, 1.82) is 0 Å². The van der Waals surface area contributed by atoms with Gasteiger partial charge in [0.25, 0.3) is 0 Å². The van der Waals surface area contributed by atoms with Crippen molar-refractivity contribution in [2.75, 3.05) is 25.4 Å². The minimum absolute atomic E-state index is 0.214. The van der Waals surface area contributed by atoms with Crippen molar-refractivity contribution < 1.29 is 8.42 Å². The SMILES string of the molecule is CCCNCCCCS(=O)(=O)NCCCc1cn[nH]c1C. The lowest BCUT2D eigenvalue weighted by atomic mass is 10.1. The van der Waals surface area contributed by atoms with Crippen LogP contribution in [0.5, 0.6) is 0 Å². The van der Waals surface area contributed by atoms with Crippen LogP contribution in [0, 0.1) is 6.92 Å². The molecule has 0 aliphatic carbocycles. The monoisotopic (exact) mass is 316 g/mol. The summed E-state index contributed by atoms with van der Waals surface area (Å²) in [5.41, 5.74) is 2.20. The van der Waals surface area contributed by atoms with Crippen LogP contribution in [0.25, 0.3) is 0 Å². The third kappa shape index (κ3) is 8.18. The lowest BCUT2D eigenvalue weighted by Crippen LogP contribution is -2.28. The first kappa shape index (κ1) is 18.1. The van der Waals surface area contributed by atoms with E-state index >= 15 is 0 Å². The Hall–Kier alpha value is -0.920. The molecule has 0 aliphatic rings. The Morgan fingerprint density at radius 3 is 2.67 bits per heavy atom. The molecule has 0 aliphatic heterocycles. The average molecular weight is 316 g/mol. The van der Waals surface area contributed by atoms with Crippen LogP contribution >= 0.6 is 0 Å². The summed E-state index contributed by atoms with van der Waals surface area (Å²) in [5, 5.41) is 10.1. The number of nitrogens with one attached hydrogen (secondary N) is 3. The smallest absolute Gasteiger partial charge is 0.211 e. The normalized spacial score (nSPS) is 11.9. The molecule has 1 heterocycles. The van der Waals surface area contributed by atoms with E-state index in [0.29, 0.717) is 13.0 Å². The molecule has 1 rings (SSSR count). The first-order valence-electron chi connectivity index (χ1n) is 7.72. The highest BCUT2D eigenvalue weighted by molar-refractivity contribution is 7.89. The van der Waals surface area contributed by atoms with Crippen LogP contribution in [0.15, 0.2) is 6.20 Å². The third-order valence-electron chi connectivity index (χ3n) is 3.32. The average Bonchev–Trinajstić information content (AvgIpc) is 2.84. The fraction of sp³-hybridized carbons (Fsp3) is 0.786. The summed E-state index contributed by atoms with van der Waals surface area (Å²) in [6.45, 7) is 6.47. The zero-order chi connectivity index (χ0) is 15.6. The van der Waals surface area contributed by atoms with E-state index in [-0.39, 0.29) is 5.75 Å². The van der Waals surface area contributed by atoms with Gasteiger partial charge in [0.05, 0.1) is 11.9 Å². The van der Waals surface area contributed by atoms with Gasteiger partial charge in [0.15, 0.2) is 0 Å². The second kappa shape index (κ2) is 9.92. The van der Waals surface area contributed by atoms with E-state index in [4.69, 9.17) is 0 Å². The van der Waals surface area contributed by atoms with E-state index in [1.54, 1.807) is 6.20 Å². The first-order valence-corrected chi connectivity index (χ1v) is 9.37. The predicted octanol–water partition coefficient (Wildman–Crippen LogP) is 1.35. The van der Waals surface area contributed by atoms with Gasteiger partial charge in [-0.05, 0) is 57.7 Å². The van der Waals surface area contributed by atoms with Crippen LogP contribution in [0.2, 0.25) is 0 Å². The molecule has 122 valence electrons. The van der Waals surface area contributed by atoms with Gasteiger partial charge in [0.1, 0.15) is 0 Å². The Balaban J connectivity index is 2.08. The molecule has 3 N–H and O–H groups in total. The molecule has 0 radical (unpaired) electrons. The summed E-state index contributed by atoms with van der Waals surface area (Å²) < 4.78 is 26.3. The van der Waals surface area contributed by atoms with Crippen molar-refractivity contribution in [3.63, 3.8) is 0 Å². The summed E-state index contributed by atoms with van der Waals surface area (Å²) >= 11 is 0. The van der Waals surface area contributed by atoms with E-state index in [0.717, 1.165) is 50.0 Å². The molecule has 0 atom stereocenters. The standard InChI is InChI=1S/C14H28N4O2S/c1-3-8-15-9-4-5-11-21(19,20)17-10-6-7-14-12-16-18-13(14)2/h12,15,17H,3-11H2,1-2H3,(H,16,18). The molecular weight excluding hydrogens is 288 g/mol. The second-order valence-electron chi connectivity index (χ2n) is 5.29. The fourth-order valence-corrected chi connectivity index (χ4v) is 3.23. The summed E-state index contributed by atoms with van der Waals surface area (Å²) in [7, 11) is -3.13. The van der Waals surface area contributed by atoms with Crippen LogP contribution in [-0.2, 0) is 16.4 Å². The van der Waals surface area contributed by atoms with Crippen LogP contribution in [0.3, 0.4) is 0 Å². The lowest BCUT2D eigenvalue weighted by molar-refractivity contribution is 0.570. The molecule has 0 saturated heterocycles. The van der Waals surface area contributed by atoms with Gasteiger partial charge in [-0.15, -0.1) is 0 Å². The minimum atomic E-state index is -3.13. The van der Waals surface area contributed by atoms with E-state index in [1.165, 1.54) is 0 Å². The minimum Gasteiger partial charge on any atom is -0.317 e. The van der Waals surface area contributed by atoms with Gasteiger partial charge in [-0.3, -0.25) is 5.10 Å². The van der Waals surface area contributed by atoms with Gasteiger partial charge >= 0.3 is 0 Å². The Labute approximate surface area is 128 Å².